The lowest BCUT2D eigenvalue weighted by atomic mass is 9.98. The molecule has 0 radical (unpaired) electrons. The van der Waals surface area contributed by atoms with Crippen LogP contribution in [0, 0.1) is 0 Å². The number of ether oxygens (including phenoxy) is 2. The predicted molar refractivity (Wildman–Crippen MR) is 143 cm³/mol. The van der Waals surface area contributed by atoms with Crippen molar-refractivity contribution < 1.29 is 19.1 Å². The SMILES string of the molecule is CCNC(=O)Nc1ccc(-c2nc3c(c(N4CCOC[C@@H]4C)n2)CCN(C(=O)OC(C)(C)C)[C@H]3C)cc1. The number of anilines is 2. The van der Waals surface area contributed by atoms with Crippen molar-refractivity contribution in [3.05, 3.63) is 35.5 Å². The van der Waals surface area contributed by atoms with E-state index >= 15 is 0 Å². The van der Waals surface area contributed by atoms with Gasteiger partial charge in [-0.3, -0.25) is 4.90 Å². The number of aromatic nitrogens is 2. The first-order valence-corrected chi connectivity index (χ1v) is 13.0. The Kier molecular flexibility index (Phi) is 7.87. The van der Waals surface area contributed by atoms with Crippen LogP contribution in [0.25, 0.3) is 11.4 Å². The Hall–Kier alpha value is -3.40. The number of carbonyl (C=O) groups is 2. The van der Waals surface area contributed by atoms with Gasteiger partial charge in [-0.25, -0.2) is 19.6 Å². The molecule has 200 valence electrons. The molecule has 0 spiro atoms. The van der Waals surface area contributed by atoms with Gasteiger partial charge < -0.3 is 25.0 Å². The van der Waals surface area contributed by atoms with E-state index in [0.29, 0.717) is 44.2 Å². The van der Waals surface area contributed by atoms with Crippen molar-refractivity contribution in [3.8, 4) is 11.4 Å². The number of hydrogen-bond acceptors (Lipinski definition) is 7. The van der Waals surface area contributed by atoms with Crippen LogP contribution in [0.1, 0.15) is 58.8 Å². The lowest BCUT2D eigenvalue weighted by Crippen LogP contribution is -2.46. The summed E-state index contributed by atoms with van der Waals surface area (Å²) < 4.78 is 11.4. The number of amides is 3. The largest absolute Gasteiger partial charge is 0.444 e. The Morgan fingerprint density at radius 1 is 1.14 bits per heavy atom. The Balaban J connectivity index is 1.71. The molecule has 0 aliphatic carbocycles. The van der Waals surface area contributed by atoms with E-state index < -0.39 is 5.60 Å². The van der Waals surface area contributed by atoms with Crippen molar-refractivity contribution in [2.24, 2.45) is 0 Å². The number of nitrogens with one attached hydrogen (secondary N) is 2. The molecule has 1 aromatic carbocycles. The zero-order valence-electron chi connectivity index (χ0n) is 22.6. The van der Waals surface area contributed by atoms with Gasteiger partial charge in [0.1, 0.15) is 11.4 Å². The lowest BCUT2D eigenvalue weighted by Gasteiger charge is -2.40. The third-order valence-electron chi connectivity index (χ3n) is 6.49. The minimum Gasteiger partial charge on any atom is -0.444 e. The second-order valence-corrected chi connectivity index (χ2v) is 10.5. The molecule has 37 heavy (non-hydrogen) atoms. The first-order chi connectivity index (χ1) is 17.6. The van der Waals surface area contributed by atoms with Gasteiger partial charge in [-0.2, -0.15) is 0 Å². The van der Waals surface area contributed by atoms with Gasteiger partial charge in [-0.15, -0.1) is 0 Å². The standard InChI is InChI=1S/C27H38N6O4/c1-7-28-25(34)29-20-10-8-19(9-11-20)23-30-22-18(3)33(26(35)37-27(4,5)6)13-12-21(22)24(31-23)32-14-15-36-16-17(32)2/h8-11,17-18H,7,12-16H2,1-6H3,(H2,28,29,34)/t17-,18-/m0/s1. The summed E-state index contributed by atoms with van der Waals surface area (Å²) in [6.45, 7) is 14.7. The lowest BCUT2D eigenvalue weighted by molar-refractivity contribution is 0.0154. The highest BCUT2D eigenvalue weighted by Crippen LogP contribution is 2.37. The molecule has 2 N–H and O–H groups in total. The molecule has 10 nitrogen and oxygen atoms in total. The molecule has 2 aliphatic heterocycles. The van der Waals surface area contributed by atoms with Crippen LogP contribution in [0.15, 0.2) is 24.3 Å². The molecule has 0 bridgehead atoms. The molecule has 10 heteroatoms. The van der Waals surface area contributed by atoms with E-state index in [1.54, 1.807) is 4.90 Å². The molecular weight excluding hydrogens is 472 g/mol. The first-order valence-electron chi connectivity index (χ1n) is 13.0. The molecule has 1 fully saturated rings. The highest BCUT2D eigenvalue weighted by atomic mass is 16.6. The van der Waals surface area contributed by atoms with E-state index in [1.165, 1.54) is 0 Å². The zero-order valence-corrected chi connectivity index (χ0v) is 22.6. The van der Waals surface area contributed by atoms with Gasteiger partial charge in [0.15, 0.2) is 5.82 Å². The fourth-order valence-corrected chi connectivity index (χ4v) is 4.66. The second kappa shape index (κ2) is 10.9. The molecule has 2 atom stereocenters. The highest BCUT2D eigenvalue weighted by molar-refractivity contribution is 5.89. The van der Waals surface area contributed by atoms with Crippen LogP contribution < -0.4 is 15.5 Å². The van der Waals surface area contributed by atoms with Gasteiger partial charge in [-0.1, -0.05) is 0 Å². The van der Waals surface area contributed by atoms with Crippen LogP contribution >= 0.6 is 0 Å². The number of nitrogens with zero attached hydrogens (tertiary/aromatic N) is 4. The minimum atomic E-state index is -0.577. The summed E-state index contributed by atoms with van der Waals surface area (Å²) in [6.07, 6.45) is 0.307. The zero-order chi connectivity index (χ0) is 26.7. The maximum Gasteiger partial charge on any atom is 0.410 e. The number of carbonyl (C=O) groups excluding carboxylic acids is 2. The number of hydrogen-bond donors (Lipinski definition) is 2. The molecule has 0 saturated carbocycles. The molecule has 2 aromatic rings. The predicted octanol–water partition coefficient (Wildman–Crippen LogP) is 4.36. The fourth-order valence-electron chi connectivity index (χ4n) is 4.66. The van der Waals surface area contributed by atoms with Crippen molar-refractivity contribution in [1.29, 1.82) is 0 Å². The van der Waals surface area contributed by atoms with E-state index in [2.05, 4.69) is 22.5 Å². The quantitative estimate of drug-likeness (QED) is 0.629. The van der Waals surface area contributed by atoms with Crippen LogP contribution in [0.2, 0.25) is 0 Å². The van der Waals surface area contributed by atoms with Gasteiger partial charge in [0, 0.05) is 36.4 Å². The van der Waals surface area contributed by atoms with E-state index in [1.807, 2.05) is 58.9 Å². The summed E-state index contributed by atoms with van der Waals surface area (Å²) in [5, 5.41) is 5.53. The minimum absolute atomic E-state index is 0.170. The van der Waals surface area contributed by atoms with Crippen LogP contribution in [0.3, 0.4) is 0 Å². The van der Waals surface area contributed by atoms with E-state index in [0.717, 1.165) is 29.2 Å². The van der Waals surface area contributed by atoms with Gasteiger partial charge in [0.2, 0.25) is 0 Å². The van der Waals surface area contributed by atoms with Crippen molar-refractivity contribution in [3.63, 3.8) is 0 Å². The Morgan fingerprint density at radius 3 is 2.51 bits per heavy atom. The summed E-state index contributed by atoms with van der Waals surface area (Å²) in [7, 11) is 0. The van der Waals surface area contributed by atoms with Gasteiger partial charge in [0.25, 0.3) is 0 Å². The topological polar surface area (TPSA) is 109 Å². The van der Waals surface area contributed by atoms with Crippen molar-refractivity contribution in [2.45, 2.75) is 65.6 Å². The van der Waals surface area contributed by atoms with Crippen LogP contribution in [-0.2, 0) is 15.9 Å². The summed E-state index contributed by atoms with van der Waals surface area (Å²) in [4.78, 5) is 38.9. The highest BCUT2D eigenvalue weighted by Gasteiger charge is 2.36. The molecule has 4 rings (SSSR count). The summed E-state index contributed by atoms with van der Waals surface area (Å²) >= 11 is 0. The molecular formula is C27H38N6O4. The first kappa shape index (κ1) is 26.7. The average Bonchev–Trinajstić information content (AvgIpc) is 2.84. The maximum atomic E-state index is 13.0. The molecule has 3 amide bonds. The van der Waals surface area contributed by atoms with E-state index in [-0.39, 0.29) is 24.2 Å². The van der Waals surface area contributed by atoms with Gasteiger partial charge in [0.05, 0.1) is 31.0 Å². The fraction of sp³-hybridized carbons (Fsp3) is 0.556. The Bertz CT molecular complexity index is 1130. The monoisotopic (exact) mass is 510 g/mol. The Morgan fingerprint density at radius 2 is 1.86 bits per heavy atom. The van der Waals surface area contributed by atoms with Crippen molar-refractivity contribution in [1.82, 2.24) is 20.2 Å². The smallest absolute Gasteiger partial charge is 0.410 e. The molecule has 1 saturated heterocycles. The van der Waals surface area contributed by atoms with Crippen LogP contribution in [0.4, 0.5) is 21.1 Å². The molecule has 2 aliphatic rings. The second-order valence-electron chi connectivity index (χ2n) is 10.5. The molecule has 3 heterocycles. The van der Waals surface area contributed by atoms with Gasteiger partial charge in [-0.05, 0) is 72.2 Å². The summed E-state index contributed by atoms with van der Waals surface area (Å²) in [5.74, 6) is 1.48. The number of urea groups is 1. The van der Waals surface area contributed by atoms with Crippen LogP contribution in [0.5, 0.6) is 0 Å². The van der Waals surface area contributed by atoms with E-state index in [4.69, 9.17) is 19.4 Å². The number of morpholine rings is 1. The van der Waals surface area contributed by atoms with Gasteiger partial charge >= 0.3 is 12.1 Å². The van der Waals surface area contributed by atoms with Crippen molar-refractivity contribution >= 4 is 23.6 Å². The maximum absolute atomic E-state index is 13.0. The molecule has 1 aromatic heterocycles. The van der Waals surface area contributed by atoms with Crippen molar-refractivity contribution in [2.75, 3.05) is 43.1 Å². The van der Waals surface area contributed by atoms with Crippen LogP contribution in [-0.4, -0.2) is 71.5 Å². The third-order valence-corrected chi connectivity index (χ3v) is 6.49. The summed E-state index contributed by atoms with van der Waals surface area (Å²) in [6, 6.07) is 7.11. The molecule has 0 unspecified atom stereocenters. The third kappa shape index (κ3) is 6.12. The number of fused-ring (bicyclic) bond motifs is 1. The normalized spacial score (nSPS) is 19.7. The Labute approximate surface area is 218 Å². The average molecular weight is 511 g/mol. The van der Waals surface area contributed by atoms with E-state index in [9.17, 15) is 9.59 Å². The number of rotatable bonds is 4. The summed E-state index contributed by atoms with van der Waals surface area (Å²) in [5.41, 5.74) is 2.83. The number of benzene rings is 1.